The van der Waals surface area contributed by atoms with Crippen molar-refractivity contribution in [1.82, 2.24) is 4.90 Å². The van der Waals surface area contributed by atoms with Gasteiger partial charge in [0.15, 0.2) is 0 Å². The van der Waals surface area contributed by atoms with Crippen LogP contribution in [0, 0.1) is 5.92 Å². The summed E-state index contributed by atoms with van der Waals surface area (Å²) < 4.78 is 34.5. The van der Waals surface area contributed by atoms with Gasteiger partial charge in [-0.3, -0.25) is 0 Å². The van der Waals surface area contributed by atoms with Crippen LogP contribution in [0.2, 0.25) is 0 Å². The molecule has 0 spiro atoms. The molecule has 4 nitrogen and oxygen atoms in total. The Labute approximate surface area is 173 Å². The minimum atomic E-state index is -3.39. The Morgan fingerprint density at radius 1 is 1.21 bits per heavy atom. The molecule has 1 N–H and O–H groups in total. The molecule has 1 heterocycles. The van der Waals surface area contributed by atoms with Crippen LogP contribution in [0.4, 0.5) is 13.6 Å². The van der Waals surface area contributed by atoms with Crippen LogP contribution in [-0.2, 0) is 10.7 Å². The van der Waals surface area contributed by atoms with E-state index in [4.69, 9.17) is 12.6 Å². The highest BCUT2D eigenvalue weighted by Crippen LogP contribution is 2.34. The van der Waals surface area contributed by atoms with Crippen molar-refractivity contribution in [3.63, 3.8) is 0 Å². The first-order chi connectivity index (χ1) is 13.9. The zero-order valence-electron chi connectivity index (χ0n) is 16.9. The van der Waals surface area contributed by atoms with Gasteiger partial charge in [-0.15, -0.1) is 0 Å². The van der Waals surface area contributed by atoms with Crippen molar-refractivity contribution >= 4 is 19.4 Å². The number of alkyl halides is 2. The van der Waals surface area contributed by atoms with Crippen molar-refractivity contribution in [3.05, 3.63) is 29.8 Å². The highest BCUT2D eigenvalue weighted by Gasteiger charge is 2.41. The minimum Gasteiger partial charge on any atom is -0.449 e. The third-order valence-electron chi connectivity index (χ3n) is 6.32. The Morgan fingerprint density at radius 2 is 1.97 bits per heavy atom. The Hall–Kier alpha value is -1.63. The van der Waals surface area contributed by atoms with Crippen molar-refractivity contribution in [3.8, 4) is 0 Å². The maximum absolute atomic E-state index is 14.6. The number of carbonyl (C=O) groups excluding carboxylic acids is 1. The van der Waals surface area contributed by atoms with E-state index in [1.807, 2.05) is 0 Å². The van der Waals surface area contributed by atoms with E-state index >= 15 is 0 Å². The third kappa shape index (κ3) is 5.71. The zero-order chi connectivity index (χ0) is 20.9. The quantitative estimate of drug-likeness (QED) is 0.668. The number of carbonyl (C=O) groups is 1. The smallest absolute Gasteiger partial charge is 0.410 e. The Kier molecular flexibility index (Phi) is 7.55. The SMILES string of the molecule is [B]c1cccc(C(F)(F)[C@H](O)CC[C@H]2CCOC(=O)N2CCC2CCCCC2)c1. The Morgan fingerprint density at radius 3 is 2.69 bits per heavy atom. The number of aliphatic hydroxyl groups excluding tert-OH is 1. The molecule has 1 saturated heterocycles. The van der Waals surface area contributed by atoms with Gasteiger partial charge in [-0.05, 0) is 25.2 Å². The molecule has 1 aliphatic carbocycles. The topological polar surface area (TPSA) is 49.8 Å². The maximum Gasteiger partial charge on any atom is 0.410 e. The second kappa shape index (κ2) is 9.92. The van der Waals surface area contributed by atoms with Crippen molar-refractivity contribution in [2.24, 2.45) is 5.92 Å². The highest BCUT2D eigenvalue weighted by atomic mass is 19.3. The van der Waals surface area contributed by atoms with Crippen LogP contribution in [-0.4, -0.2) is 49.2 Å². The average Bonchev–Trinajstić information content (AvgIpc) is 2.72. The molecule has 0 unspecified atom stereocenters. The summed E-state index contributed by atoms with van der Waals surface area (Å²) in [5.41, 5.74) is -0.0551. The molecule has 1 aromatic rings. The Bertz CT molecular complexity index is 682. The van der Waals surface area contributed by atoms with Crippen LogP contribution >= 0.6 is 0 Å². The lowest BCUT2D eigenvalue weighted by Crippen LogP contribution is -2.47. The number of halogens is 2. The molecule has 29 heavy (non-hydrogen) atoms. The van der Waals surface area contributed by atoms with Gasteiger partial charge in [0.2, 0.25) is 0 Å². The number of nitrogens with zero attached hydrogens (tertiary/aromatic N) is 1. The van der Waals surface area contributed by atoms with Crippen LogP contribution in [0.25, 0.3) is 0 Å². The predicted octanol–water partition coefficient (Wildman–Crippen LogP) is 3.89. The number of benzene rings is 1. The summed E-state index contributed by atoms with van der Waals surface area (Å²) >= 11 is 0. The lowest BCUT2D eigenvalue weighted by Gasteiger charge is -2.37. The maximum atomic E-state index is 14.6. The molecule has 0 bridgehead atoms. The third-order valence-corrected chi connectivity index (χ3v) is 6.32. The largest absolute Gasteiger partial charge is 0.449 e. The summed E-state index contributed by atoms with van der Waals surface area (Å²) in [5, 5.41) is 10.2. The van der Waals surface area contributed by atoms with Gasteiger partial charge in [0, 0.05) is 24.6 Å². The summed E-state index contributed by atoms with van der Waals surface area (Å²) in [7, 11) is 5.60. The van der Waals surface area contributed by atoms with Gasteiger partial charge >= 0.3 is 6.09 Å². The fraction of sp³-hybridized carbons (Fsp3) is 0.682. The molecule has 158 valence electrons. The summed E-state index contributed by atoms with van der Waals surface area (Å²) in [6, 6.07) is 5.27. The van der Waals surface area contributed by atoms with E-state index < -0.39 is 12.0 Å². The van der Waals surface area contributed by atoms with E-state index in [2.05, 4.69) is 0 Å². The van der Waals surface area contributed by atoms with Gasteiger partial charge in [-0.2, -0.15) is 8.78 Å². The molecule has 2 radical (unpaired) electrons. The van der Waals surface area contributed by atoms with Crippen LogP contribution in [0.5, 0.6) is 0 Å². The van der Waals surface area contributed by atoms with Gasteiger partial charge < -0.3 is 14.7 Å². The second-order valence-corrected chi connectivity index (χ2v) is 8.38. The van der Waals surface area contributed by atoms with E-state index in [1.165, 1.54) is 56.4 Å². The van der Waals surface area contributed by atoms with E-state index in [-0.39, 0.29) is 29.6 Å². The average molecular weight is 405 g/mol. The van der Waals surface area contributed by atoms with Gasteiger partial charge in [-0.1, -0.05) is 61.8 Å². The molecule has 7 heteroatoms. The molecular weight excluding hydrogens is 375 g/mol. The number of ether oxygens (including phenoxy) is 1. The lowest BCUT2D eigenvalue weighted by molar-refractivity contribution is -0.120. The van der Waals surface area contributed by atoms with Crippen LogP contribution in [0.15, 0.2) is 24.3 Å². The normalized spacial score (nSPS) is 22.4. The zero-order valence-corrected chi connectivity index (χ0v) is 16.9. The molecule has 2 aliphatic rings. The van der Waals surface area contributed by atoms with Gasteiger partial charge in [0.05, 0.1) is 6.61 Å². The minimum absolute atomic E-state index is 0.0975. The molecule has 1 aliphatic heterocycles. The fourth-order valence-corrected chi connectivity index (χ4v) is 4.51. The summed E-state index contributed by atoms with van der Waals surface area (Å²) in [6.45, 7) is 0.890. The number of aliphatic hydroxyl groups is 1. The number of hydrogen-bond donors (Lipinski definition) is 1. The molecule has 1 amide bonds. The number of cyclic esters (lactones) is 1. The fourth-order valence-electron chi connectivity index (χ4n) is 4.51. The monoisotopic (exact) mass is 405 g/mol. The van der Waals surface area contributed by atoms with Crippen molar-refractivity contribution in [1.29, 1.82) is 0 Å². The van der Waals surface area contributed by atoms with Crippen molar-refractivity contribution in [2.75, 3.05) is 13.2 Å². The number of rotatable bonds is 8. The first-order valence-corrected chi connectivity index (χ1v) is 10.7. The van der Waals surface area contributed by atoms with Crippen LogP contribution in [0.1, 0.15) is 63.4 Å². The lowest BCUT2D eigenvalue weighted by atomic mass is 9.86. The van der Waals surface area contributed by atoms with Gasteiger partial charge in [0.1, 0.15) is 14.0 Å². The van der Waals surface area contributed by atoms with E-state index in [0.29, 0.717) is 31.9 Å². The summed E-state index contributed by atoms with van der Waals surface area (Å²) in [5.74, 6) is -2.77. The summed E-state index contributed by atoms with van der Waals surface area (Å²) in [4.78, 5) is 13.9. The highest BCUT2D eigenvalue weighted by molar-refractivity contribution is 6.32. The van der Waals surface area contributed by atoms with Crippen molar-refractivity contribution < 1.29 is 23.4 Å². The van der Waals surface area contributed by atoms with Crippen molar-refractivity contribution in [2.45, 2.75) is 75.9 Å². The molecule has 2 atom stereocenters. The molecular formula is C22H30BF2NO3. The molecule has 2 fully saturated rings. The molecule has 3 rings (SSSR count). The molecule has 0 aromatic heterocycles. The molecule has 1 aromatic carbocycles. The molecule has 1 saturated carbocycles. The van der Waals surface area contributed by atoms with E-state index in [0.717, 1.165) is 6.42 Å². The van der Waals surface area contributed by atoms with Crippen LogP contribution < -0.4 is 5.46 Å². The van der Waals surface area contributed by atoms with Crippen LogP contribution in [0.3, 0.4) is 0 Å². The Balaban J connectivity index is 1.57. The van der Waals surface area contributed by atoms with Gasteiger partial charge in [-0.25, -0.2) is 4.79 Å². The predicted molar refractivity (Wildman–Crippen MR) is 109 cm³/mol. The summed E-state index contributed by atoms with van der Waals surface area (Å²) in [6.07, 6.45) is 5.70. The number of amides is 1. The number of hydrogen-bond acceptors (Lipinski definition) is 3. The standard InChI is InChI=1S/C22H30BF2NO3/c23-18-8-4-7-17(15-18)22(24,25)20(27)10-9-19-12-14-29-21(28)26(19)13-11-16-5-2-1-3-6-16/h4,7-8,15-16,19-20,27H,1-3,5-6,9-14H2/t19-,20+/m0/s1. The van der Waals surface area contributed by atoms with E-state index in [1.54, 1.807) is 4.90 Å². The first kappa shape index (κ1) is 22.1. The second-order valence-electron chi connectivity index (χ2n) is 8.38. The van der Waals surface area contributed by atoms with E-state index in [9.17, 15) is 18.7 Å². The first-order valence-electron chi connectivity index (χ1n) is 10.7. The van der Waals surface area contributed by atoms with Gasteiger partial charge in [0.25, 0.3) is 5.92 Å².